The number of carbonyl (C=O) groups is 2. The summed E-state index contributed by atoms with van der Waals surface area (Å²) in [6.45, 7) is 15.8. The number of hydrogen-bond acceptors (Lipinski definition) is 21. The molecule has 72 heavy (non-hydrogen) atoms. The summed E-state index contributed by atoms with van der Waals surface area (Å²) in [5.41, 5.74) is -2.76. The lowest BCUT2D eigenvalue weighted by Gasteiger charge is -2.72. The summed E-state index contributed by atoms with van der Waals surface area (Å²) in [5, 5.41) is 121. The van der Waals surface area contributed by atoms with Crippen LogP contribution in [0.1, 0.15) is 107 Å². The van der Waals surface area contributed by atoms with Gasteiger partial charge in [0, 0.05) is 19.3 Å². The van der Waals surface area contributed by atoms with Gasteiger partial charge in [0.2, 0.25) is 0 Å². The molecular weight excluding hydrogens is 949 g/mol. The second kappa shape index (κ2) is 20.1. The van der Waals surface area contributed by atoms with Crippen molar-refractivity contribution in [3.63, 3.8) is 0 Å². The van der Waals surface area contributed by atoms with Gasteiger partial charge in [-0.25, -0.2) is 0 Å². The number of esters is 2. The van der Waals surface area contributed by atoms with Crippen molar-refractivity contribution in [2.45, 2.75) is 218 Å². The normalized spacial score (nSPS) is 51.8. The summed E-state index contributed by atoms with van der Waals surface area (Å²) in [7, 11) is 0. The number of ether oxygens (including phenoxy) is 8. The van der Waals surface area contributed by atoms with Crippen molar-refractivity contribution < 1.29 is 104 Å². The van der Waals surface area contributed by atoms with E-state index in [0.29, 0.717) is 25.7 Å². The van der Waals surface area contributed by atoms with Crippen LogP contribution in [-0.2, 0) is 47.5 Å². The molecule has 0 spiro atoms. The Hall–Kier alpha value is -2.00. The minimum atomic E-state index is -1.86. The molecule has 4 saturated carbocycles. The van der Waals surface area contributed by atoms with E-state index in [1.165, 1.54) is 13.8 Å². The van der Waals surface area contributed by atoms with Crippen LogP contribution in [0.15, 0.2) is 11.6 Å². The molecule has 5 aliphatic carbocycles. The van der Waals surface area contributed by atoms with Crippen molar-refractivity contribution in [3.8, 4) is 0 Å². The maximum absolute atomic E-state index is 12.6. The zero-order valence-corrected chi connectivity index (χ0v) is 43.0. The molecule has 25 atom stereocenters. The molecule has 11 N–H and O–H groups in total. The average Bonchev–Trinajstić information content (AvgIpc) is 3.30. The van der Waals surface area contributed by atoms with E-state index < -0.39 is 163 Å². The molecule has 0 aromatic carbocycles. The Labute approximate surface area is 420 Å². The van der Waals surface area contributed by atoms with Crippen LogP contribution in [0.3, 0.4) is 0 Å². The summed E-state index contributed by atoms with van der Waals surface area (Å²) < 4.78 is 47.7. The largest absolute Gasteiger partial charge is 0.465 e. The fourth-order valence-corrected chi connectivity index (χ4v) is 15.6. The predicted octanol–water partition coefficient (Wildman–Crippen LogP) is -0.693. The summed E-state index contributed by atoms with van der Waals surface area (Å²) >= 11 is 0. The zero-order chi connectivity index (χ0) is 53.0. The van der Waals surface area contributed by atoms with Crippen molar-refractivity contribution >= 4 is 11.9 Å². The number of allylic oxidation sites excluding steroid dienone is 2. The van der Waals surface area contributed by atoms with Crippen molar-refractivity contribution in [2.75, 3.05) is 26.4 Å². The summed E-state index contributed by atoms with van der Waals surface area (Å²) in [6, 6.07) is 0. The van der Waals surface area contributed by atoms with Crippen LogP contribution in [0.2, 0.25) is 0 Å². The lowest BCUT2D eigenvalue weighted by Crippen LogP contribution is -2.72. The van der Waals surface area contributed by atoms with E-state index in [4.69, 9.17) is 37.9 Å². The maximum Gasteiger partial charge on any atom is 0.303 e. The topological polar surface area (TPSA) is 331 Å². The van der Waals surface area contributed by atoms with Crippen molar-refractivity contribution in [1.82, 2.24) is 0 Å². The van der Waals surface area contributed by atoms with Gasteiger partial charge in [0.05, 0.1) is 37.4 Å². The van der Waals surface area contributed by atoms with Gasteiger partial charge in [-0.05, 0) is 84.4 Å². The van der Waals surface area contributed by atoms with Crippen molar-refractivity contribution in [1.29, 1.82) is 0 Å². The van der Waals surface area contributed by atoms with Gasteiger partial charge >= 0.3 is 11.9 Å². The van der Waals surface area contributed by atoms with Crippen LogP contribution in [0.25, 0.3) is 0 Å². The van der Waals surface area contributed by atoms with Gasteiger partial charge in [0.1, 0.15) is 86.0 Å². The first-order chi connectivity index (χ1) is 33.5. The quantitative estimate of drug-likeness (QED) is 0.0693. The second-order valence-electron chi connectivity index (χ2n) is 24.5. The third-order valence-electron chi connectivity index (χ3n) is 19.8. The first kappa shape index (κ1) is 56.2. The van der Waals surface area contributed by atoms with Gasteiger partial charge < -0.3 is 94.1 Å². The third-order valence-corrected chi connectivity index (χ3v) is 19.8. The Kier molecular flexibility index (Phi) is 15.7. The van der Waals surface area contributed by atoms with Gasteiger partial charge in [0.15, 0.2) is 18.9 Å². The molecule has 0 radical (unpaired) electrons. The predicted molar refractivity (Wildman–Crippen MR) is 247 cm³/mol. The molecule has 412 valence electrons. The van der Waals surface area contributed by atoms with Crippen LogP contribution in [-0.4, -0.2) is 205 Å². The highest BCUT2D eigenvalue weighted by Crippen LogP contribution is 2.76. The smallest absolute Gasteiger partial charge is 0.303 e. The number of rotatable bonds is 11. The van der Waals surface area contributed by atoms with E-state index in [1.54, 1.807) is 0 Å². The minimum Gasteiger partial charge on any atom is -0.465 e. The molecule has 0 aromatic heterocycles. The summed E-state index contributed by atoms with van der Waals surface area (Å²) in [6.07, 6.45) is -20.1. The van der Waals surface area contributed by atoms with Gasteiger partial charge in [-0.2, -0.15) is 0 Å². The zero-order valence-electron chi connectivity index (χ0n) is 43.0. The van der Waals surface area contributed by atoms with Crippen LogP contribution < -0.4 is 0 Å². The molecule has 7 fully saturated rings. The first-order valence-corrected chi connectivity index (χ1v) is 25.8. The Bertz CT molecular complexity index is 2000. The molecule has 0 aromatic rings. The monoisotopic (exact) mass is 1030 g/mol. The number of aliphatic hydroxyl groups excluding tert-OH is 11. The van der Waals surface area contributed by atoms with E-state index in [-0.39, 0.29) is 42.3 Å². The average molecular weight is 1030 g/mol. The highest BCUT2D eigenvalue weighted by molar-refractivity contribution is 5.66. The number of hydrogen-bond donors (Lipinski definition) is 11. The molecule has 3 heterocycles. The molecule has 0 amide bonds. The van der Waals surface area contributed by atoms with Gasteiger partial charge in [-0.3, -0.25) is 9.59 Å². The minimum absolute atomic E-state index is 0.0339. The van der Waals surface area contributed by atoms with E-state index in [1.807, 2.05) is 13.8 Å². The van der Waals surface area contributed by atoms with Gasteiger partial charge in [-0.15, -0.1) is 0 Å². The Morgan fingerprint density at radius 3 is 2.01 bits per heavy atom. The van der Waals surface area contributed by atoms with E-state index >= 15 is 0 Å². The highest BCUT2D eigenvalue weighted by Gasteiger charge is 2.73. The van der Waals surface area contributed by atoms with Crippen molar-refractivity contribution in [2.24, 2.45) is 50.2 Å². The number of aliphatic hydroxyl groups is 11. The Morgan fingerprint density at radius 2 is 1.36 bits per heavy atom. The van der Waals surface area contributed by atoms with E-state index in [0.717, 1.165) is 18.4 Å². The van der Waals surface area contributed by atoms with E-state index in [2.05, 4.69) is 40.7 Å². The fourth-order valence-electron chi connectivity index (χ4n) is 15.6. The standard InChI is InChI=1S/C51H82O21/c1-22(53)67-21-51-25(16-46(3,4)42(41(51)64)68-23(2)54)24-10-11-30-48(7)14-13-32(47(5,6)29(48)12-15-49(30,8)50(24,9)17-31(51)56)71-45-40(72-44-39(63)36(60)34(58)27(18-52)69-44)37(61)35(59)28(70-45)20-66-43-38(62)33(57)26(55)19-65-43/h10,25-45,52,55-64H,11-21H2,1-9H3/t25-,26+,27-,28-,29+,30-,31-,32+,33+,34-,35-,36+,37+,38-,39-,40-,41+,42+,43+,44+,45+,48+,49-,50-,51+/m1/s1. The van der Waals surface area contributed by atoms with Crippen LogP contribution in [0.4, 0.5) is 0 Å². The molecule has 21 nitrogen and oxygen atoms in total. The van der Waals surface area contributed by atoms with Crippen LogP contribution in [0, 0.1) is 50.2 Å². The van der Waals surface area contributed by atoms with Crippen molar-refractivity contribution in [3.05, 3.63) is 11.6 Å². The third kappa shape index (κ3) is 9.02. The fraction of sp³-hybridized carbons (Fsp3) is 0.922. The summed E-state index contributed by atoms with van der Waals surface area (Å²) in [5.74, 6) is -1.39. The Balaban J connectivity index is 1.07. The number of carbonyl (C=O) groups excluding carboxylic acids is 2. The summed E-state index contributed by atoms with van der Waals surface area (Å²) in [4.78, 5) is 24.8. The molecule has 8 aliphatic rings. The van der Waals surface area contributed by atoms with Gasteiger partial charge in [0.25, 0.3) is 0 Å². The Morgan fingerprint density at radius 1 is 0.708 bits per heavy atom. The first-order valence-electron chi connectivity index (χ1n) is 25.8. The molecule has 8 rings (SSSR count). The molecule has 0 bridgehead atoms. The highest BCUT2D eigenvalue weighted by atomic mass is 16.8. The SMILES string of the molecule is CC(=O)OC[C@@]12[C@H](O)C[C@]3(C)C(=CC[C@@H]4[C@@]5(C)CC[C@H](O[C@@H]6O[C@H](CO[C@@H]7OC[C@H](O)[C@H](O)[C@H]7O)[C@@H](O)[C@H](O)[C@H]6O[C@@H]6O[C@H](CO)[C@@H](O)[C@H](O)[C@H]6O)C(C)(C)[C@@H]5CC[C@]43C)[C@H]1CC(C)(C)[C@@H](OC(C)=O)[C@@H]2O. The lowest BCUT2D eigenvalue weighted by atomic mass is 9.33. The van der Waals surface area contributed by atoms with Gasteiger partial charge in [-0.1, -0.05) is 60.1 Å². The number of fused-ring (bicyclic) bond motifs is 7. The molecule has 0 unspecified atom stereocenters. The van der Waals surface area contributed by atoms with E-state index in [9.17, 15) is 65.8 Å². The van der Waals surface area contributed by atoms with Crippen LogP contribution >= 0.6 is 0 Å². The lowest BCUT2D eigenvalue weighted by molar-refractivity contribution is -0.381. The van der Waals surface area contributed by atoms with Crippen LogP contribution in [0.5, 0.6) is 0 Å². The molecule has 21 heteroatoms. The maximum atomic E-state index is 12.6. The molecule has 3 saturated heterocycles. The molecule has 3 aliphatic heterocycles. The molecular formula is C51H82O21. The second-order valence-corrected chi connectivity index (χ2v) is 24.5.